The quantitative estimate of drug-likeness (QED) is 0.402. The smallest absolute Gasteiger partial charge is 0.0223 e. The lowest BCUT2D eigenvalue weighted by molar-refractivity contribution is 0.770. The summed E-state index contributed by atoms with van der Waals surface area (Å²) in [6.45, 7) is 2.26. The average Bonchev–Trinajstić information content (AvgIpc) is 2.10. The van der Waals surface area contributed by atoms with Crippen LogP contribution >= 0.6 is 23.4 Å². The summed E-state index contributed by atoms with van der Waals surface area (Å²) in [4.78, 5) is 0. The van der Waals surface area contributed by atoms with E-state index in [0.29, 0.717) is 0 Å². The van der Waals surface area contributed by atoms with Gasteiger partial charge in [-0.1, -0.05) is 26.2 Å². The van der Waals surface area contributed by atoms with Gasteiger partial charge in [0.25, 0.3) is 0 Å². The van der Waals surface area contributed by atoms with Crippen molar-refractivity contribution >= 4 is 23.4 Å². The van der Waals surface area contributed by atoms with Crippen LogP contribution in [0.15, 0.2) is 0 Å². The van der Waals surface area contributed by atoms with Gasteiger partial charge in [0, 0.05) is 5.88 Å². The van der Waals surface area contributed by atoms with Gasteiger partial charge in [-0.2, -0.15) is 11.8 Å². The minimum absolute atomic E-state index is 0.834. The lowest BCUT2D eigenvalue weighted by Crippen LogP contribution is -1.85. The fourth-order valence-corrected chi connectivity index (χ4v) is 2.24. The topological polar surface area (TPSA) is 0 Å². The number of alkyl halides is 1. The Labute approximate surface area is 86.5 Å². The van der Waals surface area contributed by atoms with Crippen molar-refractivity contribution in [3.05, 3.63) is 0 Å². The summed E-state index contributed by atoms with van der Waals surface area (Å²) in [5.41, 5.74) is 0. The second kappa shape index (κ2) is 11.6. The fourth-order valence-electron chi connectivity index (χ4n) is 1.03. The first-order valence-electron chi connectivity index (χ1n) is 5.05. The molecule has 0 unspecified atom stereocenters. The van der Waals surface area contributed by atoms with Crippen LogP contribution in [0.3, 0.4) is 0 Å². The summed E-state index contributed by atoms with van der Waals surface area (Å²) < 4.78 is 0. The molecule has 0 fully saturated rings. The van der Waals surface area contributed by atoms with Crippen molar-refractivity contribution in [1.29, 1.82) is 0 Å². The lowest BCUT2D eigenvalue weighted by Gasteiger charge is -1.99. The van der Waals surface area contributed by atoms with E-state index in [1.165, 1.54) is 50.0 Å². The molecule has 0 saturated heterocycles. The zero-order valence-corrected chi connectivity index (χ0v) is 9.72. The number of hydrogen-bond acceptors (Lipinski definition) is 1. The second-order valence-corrected chi connectivity index (χ2v) is 4.67. The Morgan fingerprint density at radius 1 is 0.917 bits per heavy atom. The van der Waals surface area contributed by atoms with Gasteiger partial charge in [-0.05, 0) is 30.8 Å². The van der Waals surface area contributed by atoms with E-state index >= 15 is 0 Å². The second-order valence-electron chi connectivity index (χ2n) is 3.07. The molecule has 0 aromatic heterocycles. The van der Waals surface area contributed by atoms with Crippen molar-refractivity contribution in [2.24, 2.45) is 0 Å². The van der Waals surface area contributed by atoms with Gasteiger partial charge in [0.05, 0.1) is 0 Å². The first kappa shape index (κ1) is 12.6. The molecule has 0 radical (unpaired) electrons. The SMILES string of the molecule is CCCCCSCCCCCCl. The van der Waals surface area contributed by atoms with Gasteiger partial charge in [-0.3, -0.25) is 0 Å². The summed E-state index contributed by atoms with van der Waals surface area (Å²) in [5, 5.41) is 0. The summed E-state index contributed by atoms with van der Waals surface area (Å²) >= 11 is 7.68. The third kappa shape index (κ3) is 10.6. The standard InChI is InChI=1S/C10H21ClS/c1-2-3-6-9-12-10-7-4-5-8-11/h2-10H2,1H3. The molecule has 12 heavy (non-hydrogen) atoms. The molecule has 0 heterocycles. The van der Waals surface area contributed by atoms with Gasteiger partial charge in [-0.25, -0.2) is 0 Å². The zero-order chi connectivity index (χ0) is 9.07. The van der Waals surface area contributed by atoms with Crippen molar-refractivity contribution < 1.29 is 0 Å². The Morgan fingerprint density at radius 2 is 1.58 bits per heavy atom. The molecule has 0 amide bonds. The maximum Gasteiger partial charge on any atom is 0.0223 e. The molecule has 74 valence electrons. The van der Waals surface area contributed by atoms with E-state index < -0.39 is 0 Å². The normalized spacial score (nSPS) is 10.5. The van der Waals surface area contributed by atoms with E-state index in [0.717, 1.165) is 5.88 Å². The van der Waals surface area contributed by atoms with E-state index in [9.17, 15) is 0 Å². The minimum atomic E-state index is 0.834. The molecule has 0 rings (SSSR count). The molecule has 0 bridgehead atoms. The van der Waals surface area contributed by atoms with Crippen LogP contribution in [0.2, 0.25) is 0 Å². The highest BCUT2D eigenvalue weighted by molar-refractivity contribution is 7.99. The van der Waals surface area contributed by atoms with Crippen molar-refractivity contribution in [3.63, 3.8) is 0 Å². The van der Waals surface area contributed by atoms with Gasteiger partial charge in [0.1, 0.15) is 0 Å². The van der Waals surface area contributed by atoms with Crippen molar-refractivity contribution in [2.75, 3.05) is 17.4 Å². The maximum atomic E-state index is 5.58. The predicted molar refractivity (Wildman–Crippen MR) is 61.4 cm³/mol. The molecule has 0 aromatic rings. The van der Waals surface area contributed by atoms with Crippen LogP contribution in [0.1, 0.15) is 45.4 Å². The molecular formula is C10H21ClS. The first-order chi connectivity index (χ1) is 5.91. The highest BCUT2D eigenvalue weighted by atomic mass is 35.5. The van der Waals surface area contributed by atoms with E-state index in [1.807, 2.05) is 0 Å². The monoisotopic (exact) mass is 208 g/mol. The van der Waals surface area contributed by atoms with E-state index in [4.69, 9.17) is 11.6 Å². The molecule has 0 spiro atoms. The molecule has 0 aliphatic heterocycles. The van der Waals surface area contributed by atoms with Crippen molar-refractivity contribution in [3.8, 4) is 0 Å². The van der Waals surface area contributed by atoms with Crippen molar-refractivity contribution in [2.45, 2.75) is 45.4 Å². The molecule has 0 aromatic carbocycles. The molecule has 0 N–H and O–H groups in total. The molecular weight excluding hydrogens is 188 g/mol. The number of thioether (sulfide) groups is 1. The molecule has 0 aliphatic rings. The van der Waals surface area contributed by atoms with Gasteiger partial charge >= 0.3 is 0 Å². The lowest BCUT2D eigenvalue weighted by atomic mass is 10.3. The van der Waals surface area contributed by atoms with Gasteiger partial charge in [0.2, 0.25) is 0 Å². The minimum Gasteiger partial charge on any atom is -0.162 e. The van der Waals surface area contributed by atoms with Crippen molar-refractivity contribution in [1.82, 2.24) is 0 Å². The predicted octanol–water partition coefficient (Wildman–Crippen LogP) is 4.32. The summed E-state index contributed by atoms with van der Waals surface area (Å²) in [6, 6.07) is 0. The Morgan fingerprint density at radius 3 is 2.17 bits per heavy atom. The van der Waals surface area contributed by atoms with E-state index in [-0.39, 0.29) is 0 Å². The molecule has 0 aliphatic carbocycles. The van der Waals surface area contributed by atoms with Crippen LogP contribution in [0.25, 0.3) is 0 Å². The summed E-state index contributed by atoms with van der Waals surface area (Å²) in [5.74, 6) is 3.52. The third-order valence-electron chi connectivity index (χ3n) is 1.81. The molecule has 2 heteroatoms. The Bertz CT molecular complexity index is 66.2. The Kier molecular flexibility index (Phi) is 12.3. The number of hydrogen-bond donors (Lipinski definition) is 0. The van der Waals surface area contributed by atoms with Gasteiger partial charge in [0.15, 0.2) is 0 Å². The first-order valence-corrected chi connectivity index (χ1v) is 6.74. The highest BCUT2D eigenvalue weighted by Crippen LogP contribution is 2.09. The number of halogens is 1. The summed E-state index contributed by atoms with van der Waals surface area (Å²) in [6.07, 6.45) is 7.99. The van der Waals surface area contributed by atoms with Crippen LogP contribution in [0.5, 0.6) is 0 Å². The molecule has 0 saturated carbocycles. The fraction of sp³-hybridized carbons (Fsp3) is 1.00. The number of unbranched alkanes of at least 4 members (excludes halogenated alkanes) is 4. The largest absolute Gasteiger partial charge is 0.162 e. The summed E-state index contributed by atoms with van der Waals surface area (Å²) in [7, 11) is 0. The van der Waals surface area contributed by atoms with Crippen LogP contribution in [-0.4, -0.2) is 17.4 Å². The third-order valence-corrected chi connectivity index (χ3v) is 3.24. The van der Waals surface area contributed by atoms with Crippen LogP contribution < -0.4 is 0 Å². The van der Waals surface area contributed by atoms with Gasteiger partial charge in [-0.15, -0.1) is 11.6 Å². The Balaban J connectivity index is 2.73. The van der Waals surface area contributed by atoms with Gasteiger partial charge < -0.3 is 0 Å². The van der Waals surface area contributed by atoms with Crippen LogP contribution in [0.4, 0.5) is 0 Å². The van der Waals surface area contributed by atoms with Crippen LogP contribution in [-0.2, 0) is 0 Å². The molecule has 0 nitrogen and oxygen atoms in total. The number of rotatable bonds is 9. The molecule has 0 atom stereocenters. The zero-order valence-electron chi connectivity index (χ0n) is 8.15. The van der Waals surface area contributed by atoms with Crippen LogP contribution in [0, 0.1) is 0 Å². The average molecular weight is 209 g/mol. The van der Waals surface area contributed by atoms with E-state index in [2.05, 4.69) is 18.7 Å². The Hall–Kier alpha value is 0.640. The highest BCUT2D eigenvalue weighted by Gasteiger charge is 1.90. The maximum absolute atomic E-state index is 5.58. The van der Waals surface area contributed by atoms with E-state index in [1.54, 1.807) is 0 Å².